The summed E-state index contributed by atoms with van der Waals surface area (Å²) in [6.07, 6.45) is 2.41. The van der Waals surface area contributed by atoms with Gasteiger partial charge in [0, 0.05) is 59.3 Å². The van der Waals surface area contributed by atoms with Crippen LogP contribution in [0.15, 0.2) is 53.5 Å². The molecular formula is C25H33N5O2. The Morgan fingerprint density at radius 3 is 2.53 bits per heavy atom. The maximum atomic E-state index is 12.1. The van der Waals surface area contributed by atoms with Crippen LogP contribution in [0.1, 0.15) is 39.9 Å². The Hall–Kier alpha value is -3.35. The maximum Gasteiger partial charge on any atom is 0.253 e. The second-order valence-corrected chi connectivity index (χ2v) is 8.24. The number of nitrogens with one attached hydrogen (secondary N) is 2. The van der Waals surface area contributed by atoms with Gasteiger partial charge in [-0.05, 0) is 41.7 Å². The molecule has 32 heavy (non-hydrogen) atoms. The zero-order valence-corrected chi connectivity index (χ0v) is 19.2. The zero-order valence-electron chi connectivity index (χ0n) is 19.2. The lowest BCUT2D eigenvalue weighted by molar-refractivity contribution is -0.128. The number of benzene rings is 2. The number of likely N-dealkylation sites (tertiary alicyclic amines) is 1. The highest BCUT2D eigenvalue weighted by molar-refractivity contribution is 5.94. The van der Waals surface area contributed by atoms with Crippen LogP contribution in [0.5, 0.6) is 0 Å². The number of amides is 2. The Morgan fingerprint density at radius 2 is 1.81 bits per heavy atom. The fourth-order valence-corrected chi connectivity index (χ4v) is 3.78. The highest BCUT2D eigenvalue weighted by Crippen LogP contribution is 2.15. The van der Waals surface area contributed by atoms with Gasteiger partial charge in [0.1, 0.15) is 0 Å². The molecule has 2 aromatic carbocycles. The summed E-state index contributed by atoms with van der Waals surface area (Å²) in [4.78, 5) is 31.8. The van der Waals surface area contributed by atoms with E-state index in [4.69, 9.17) is 0 Å². The van der Waals surface area contributed by atoms with Crippen LogP contribution in [0.3, 0.4) is 0 Å². The smallest absolute Gasteiger partial charge is 0.253 e. The van der Waals surface area contributed by atoms with Gasteiger partial charge < -0.3 is 20.4 Å². The second kappa shape index (κ2) is 11.3. The lowest BCUT2D eigenvalue weighted by Gasteiger charge is -2.16. The molecule has 0 saturated carbocycles. The average molecular weight is 436 g/mol. The van der Waals surface area contributed by atoms with Gasteiger partial charge in [-0.2, -0.15) is 0 Å². The standard InChI is InChI=1S/C25H33N5O2/c1-26-25(27-13-12-19-7-5-10-22(16-19)24(32)29(2)3)28-17-20-8-4-9-21(15-20)18-30-14-6-11-23(30)31/h4-5,7-10,15-16H,6,11-14,17-18H2,1-3H3,(H2,26,27,28). The van der Waals surface area contributed by atoms with Crippen molar-refractivity contribution in [3.8, 4) is 0 Å². The van der Waals surface area contributed by atoms with E-state index in [1.54, 1.807) is 26.0 Å². The Bertz CT molecular complexity index is 970. The quantitative estimate of drug-likeness (QED) is 0.493. The summed E-state index contributed by atoms with van der Waals surface area (Å²) in [6, 6.07) is 16.0. The van der Waals surface area contributed by atoms with E-state index in [1.165, 1.54) is 0 Å². The van der Waals surface area contributed by atoms with Gasteiger partial charge in [0.25, 0.3) is 5.91 Å². The number of nitrogens with zero attached hydrogens (tertiary/aromatic N) is 3. The van der Waals surface area contributed by atoms with E-state index < -0.39 is 0 Å². The normalized spacial score (nSPS) is 13.9. The van der Waals surface area contributed by atoms with Crippen LogP contribution in [0.4, 0.5) is 0 Å². The molecule has 0 atom stereocenters. The van der Waals surface area contributed by atoms with Crippen molar-refractivity contribution >= 4 is 17.8 Å². The predicted molar refractivity (Wildman–Crippen MR) is 127 cm³/mol. The van der Waals surface area contributed by atoms with Gasteiger partial charge in [-0.25, -0.2) is 0 Å². The van der Waals surface area contributed by atoms with Crippen molar-refractivity contribution in [3.63, 3.8) is 0 Å². The van der Waals surface area contributed by atoms with Gasteiger partial charge >= 0.3 is 0 Å². The molecule has 1 heterocycles. The van der Waals surface area contributed by atoms with Crippen LogP contribution >= 0.6 is 0 Å². The molecule has 0 aliphatic carbocycles. The van der Waals surface area contributed by atoms with Gasteiger partial charge in [0.15, 0.2) is 5.96 Å². The number of rotatable bonds is 8. The molecule has 3 rings (SSSR count). The predicted octanol–water partition coefficient (Wildman–Crippen LogP) is 2.42. The summed E-state index contributed by atoms with van der Waals surface area (Å²) in [5.41, 5.74) is 4.09. The molecule has 0 bridgehead atoms. The van der Waals surface area contributed by atoms with E-state index in [9.17, 15) is 9.59 Å². The van der Waals surface area contributed by atoms with Gasteiger partial charge in [-0.15, -0.1) is 0 Å². The van der Waals surface area contributed by atoms with Crippen LogP contribution in [-0.2, 0) is 24.3 Å². The summed E-state index contributed by atoms with van der Waals surface area (Å²) in [6.45, 7) is 2.88. The van der Waals surface area contributed by atoms with Gasteiger partial charge in [-0.3, -0.25) is 14.6 Å². The molecular weight excluding hydrogens is 402 g/mol. The zero-order chi connectivity index (χ0) is 22.9. The average Bonchev–Trinajstić information content (AvgIpc) is 3.20. The third-order valence-electron chi connectivity index (χ3n) is 5.51. The van der Waals surface area contributed by atoms with Crippen LogP contribution in [0.25, 0.3) is 0 Å². The molecule has 0 aromatic heterocycles. The number of hydrogen-bond acceptors (Lipinski definition) is 3. The van der Waals surface area contributed by atoms with Crippen molar-refractivity contribution in [2.75, 3.05) is 34.2 Å². The molecule has 7 nitrogen and oxygen atoms in total. The molecule has 1 fully saturated rings. The van der Waals surface area contributed by atoms with Crippen LogP contribution in [0, 0.1) is 0 Å². The summed E-state index contributed by atoms with van der Waals surface area (Å²) in [5, 5.41) is 6.67. The molecule has 7 heteroatoms. The highest BCUT2D eigenvalue weighted by atomic mass is 16.2. The third kappa shape index (κ3) is 6.57. The number of hydrogen-bond donors (Lipinski definition) is 2. The minimum absolute atomic E-state index is 0.00798. The van der Waals surface area contributed by atoms with Crippen molar-refractivity contribution in [2.24, 2.45) is 4.99 Å². The Morgan fingerprint density at radius 1 is 1.06 bits per heavy atom. The van der Waals surface area contributed by atoms with E-state index in [2.05, 4.69) is 33.8 Å². The van der Waals surface area contributed by atoms with Gasteiger partial charge in [0.2, 0.25) is 5.91 Å². The first-order chi connectivity index (χ1) is 15.5. The fourth-order valence-electron chi connectivity index (χ4n) is 3.78. The van der Waals surface area contributed by atoms with Gasteiger partial charge in [-0.1, -0.05) is 36.4 Å². The van der Waals surface area contributed by atoms with E-state index in [1.807, 2.05) is 35.2 Å². The minimum Gasteiger partial charge on any atom is -0.356 e. The second-order valence-electron chi connectivity index (χ2n) is 8.24. The first-order valence-corrected chi connectivity index (χ1v) is 11.1. The lowest BCUT2D eigenvalue weighted by atomic mass is 10.1. The number of guanidine groups is 1. The van der Waals surface area contributed by atoms with Gasteiger partial charge in [0.05, 0.1) is 0 Å². The van der Waals surface area contributed by atoms with Crippen molar-refractivity contribution in [2.45, 2.75) is 32.4 Å². The number of carbonyl (C=O) groups excluding carboxylic acids is 2. The molecule has 0 unspecified atom stereocenters. The summed E-state index contributed by atoms with van der Waals surface area (Å²) < 4.78 is 0. The first-order valence-electron chi connectivity index (χ1n) is 11.1. The van der Waals surface area contributed by atoms with Crippen LogP contribution < -0.4 is 10.6 Å². The molecule has 1 saturated heterocycles. The molecule has 1 aliphatic rings. The molecule has 170 valence electrons. The van der Waals surface area contributed by atoms with Crippen molar-refractivity contribution < 1.29 is 9.59 Å². The summed E-state index contributed by atoms with van der Waals surface area (Å²) >= 11 is 0. The third-order valence-corrected chi connectivity index (χ3v) is 5.51. The molecule has 2 aromatic rings. The van der Waals surface area contributed by atoms with Crippen molar-refractivity contribution in [1.29, 1.82) is 0 Å². The largest absolute Gasteiger partial charge is 0.356 e. The van der Waals surface area contributed by atoms with E-state index >= 15 is 0 Å². The highest BCUT2D eigenvalue weighted by Gasteiger charge is 2.19. The molecule has 2 amide bonds. The monoisotopic (exact) mass is 435 g/mol. The summed E-state index contributed by atoms with van der Waals surface area (Å²) in [5.74, 6) is 0.981. The number of aliphatic imine (C=N–C) groups is 1. The van der Waals surface area contributed by atoms with Crippen LogP contribution in [0.2, 0.25) is 0 Å². The summed E-state index contributed by atoms with van der Waals surface area (Å²) in [7, 11) is 5.27. The Balaban J connectivity index is 1.47. The molecule has 0 radical (unpaired) electrons. The van der Waals surface area contributed by atoms with Crippen molar-refractivity contribution in [1.82, 2.24) is 20.4 Å². The maximum absolute atomic E-state index is 12.1. The Labute approximate surface area is 190 Å². The van der Waals surface area contributed by atoms with Crippen molar-refractivity contribution in [3.05, 3.63) is 70.8 Å². The fraction of sp³-hybridized carbons (Fsp3) is 0.400. The van der Waals surface area contributed by atoms with Crippen LogP contribution in [-0.4, -0.2) is 61.8 Å². The minimum atomic E-state index is 0.00798. The molecule has 1 aliphatic heterocycles. The first kappa shape index (κ1) is 23.3. The van der Waals surface area contributed by atoms with E-state index in [0.717, 1.165) is 42.0 Å². The topological polar surface area (TPSA) is 77.0 Å². The number of carbonyl (C=O) groups is 2. The van der Waals surface area contributed by atoms with E-state index in [-0.39, 0.29) is 11.8 Å². The lowest BCUT2D eigenvalue weighted by Crippen LogP contribution is -2.37. The molecule has 2 N–H and O–H groups in total. The van der Waals surface area contributed by atoms with E-state index in [0.29, 0.717) is 31.6 Å². The SMILES string of the molecule is CN=C(NCCc1cccc(C(=O)N(C)C)c1)NCc1cccc(CN2CCCC2=O)c1. The molecule has 0 spiro atoms. The Kier molecular flexibility index (Phi) is 8.25.